The number of fused-ring (bicyclic) bond motifs is 1. The fourth-order valence-electron chi connectivity index (χ4n) is 2.10. The van der Waals surface area contributed by atoms with Crippen LogP contribution in [0.1, 0.15) is 17.9 Å². The molecule has 0 radical (unpaired) electrons. The van der Waals surface area contributed by atoms with E-state index in [1.165, 1.54) is 17.0 Å². The maximum absolute atomic E-state index is 13.2. The number of hydrogen-bond donors (Lipinski definition) is 1. The van der Waals surface area contributed by atoms with E-state index in [0.29, 0.717) is 6.54 Å². The molecular formula is C11H12BrFN2O. The minimum Gasteiger partial charge on any atom is -0.351 e. The lowest BCUT2D eigenvalue weighted by atomic mass is 9.99. The largest absolute Gasteiger partial charge is 0.351 e. The fourth-order valence-corrected chi connectivity index (χ4v) is 2.66. The normalized spacial score (nSPS) is 18.6. The highest BCUT2D eigenvalue weighted by Crippen LogP contribution is 2.38. The monoisotopic (exact) mass is 286 g/mol. The predicted octanol–water partition coefficient (Wildman–Crippen LogP) is 2.59. The second kappa shape index (κ2) is 4.41. The molecule has 2 N–H and O–H groups in total. The van der Waals surface area contributed by atoms with Gasteiger partial charge in [-0.25, -0.2) is 9.18 Å². The maximum atomic E-state index is 13.2. The summed E-state index contributed by atoms with van der Waals surface area (Å²) in [5.41, 5.74) is 6.90. The number of alkyl halides is 1. The van der Waals surface area contributed by atoms with E-state index in [4.69, 9.17) is 5.73 Å². The molecule has 0 saturated heterocycles. The SMILES string of the molecule is NC(=O)N1CC(CCBr)c2cc(F)ccc21. The van der Waals surface area contributed by atoms with Crippen LogP contribution in [0, 0.1) is 5.82 Å². The zero-order chi connectivity index (χ0) is 11.7. The Morgan fingerprint density at radius 3 is 3.00 bits per heavy atom. The van der Waals surface area contributed by atoms with Gasteiger partial charge in [-0.1, -0.05) is 15.9 Å². The first-order valence-electron chi connectivity index (χ1n) is 5.06. The maximum Gasteiger partial charge on any atom is 0.319 e. The van der Waals surface area contributed by atoms with Crippen molar-refractivity contribution in [3.8, 4) is 0 Å². The number of nitrogens with two attached hydrogens (primary N) is 1. The van der Waals surface area contributed by atoms with Gasteiger partial charge in [0.25, 0.3) is 0 Å². The van der Waals surface area contributed by atoms with Gasteiger partial charge in [0, 0.05) is 23.5 Å². The van der Waals surface area contributed by atoms with Crippen molar-refractivity contribution in [1.82, 2.24) is 0 Å². The molecule has 0 saturated carbocycles. The van der Waals surface area contributed by atoms with Crippen molar-refractivity contribution >= 4 is 27.6 Å². The average Bonchev–Trinajstić information content (AvgIpc) is 2.58. The molecule has 1 aromatic rings. The predicted molar refractivity (Wildman–Crippen MR) is 64.5 cm³/mol. The van der Waals surface area contributed by atoms with Crippen molar-refractivity contribution in [2.75, 3.05) is 16.8 Å². The van der Waals surface area contributed by atoms with Gasteiger partial charge in [0.1, 0.15) is 5.82 Å². The minimum atomic E-state index is -0.482. The molecule has 0 aliphatic carbocycles. The summed E-state index contributed by atoms with van der Waals surface area (Å²) in [6, 6.07) is 3.98. The Hall–Kier alpha value is -1.10. The standard InChI is InChI=1S/C11H12BrFN2O/c12-4-3-7-6-15(11(14)16)10-2-1-8(13)5-9(7)10/h1-2,5,7H,3-4,6H2,(H2,14,16). The van der Waals surface area contributed by atoms with Gasteiger partial charge in [-0.15, -0.1) is 0 Å². The first-order chi connectivity index (χ1) is 7.63. The number of halogens is 2. The van der Waals surface area contributed by atoms with E-state index in [1.54, 1.807) is 6.07 Å². The van der Waals surface area contributed by atoms with E-state index >= 15 is 0 Å². The van der Waals surface area contributed by atoms with Crippen molar-refractivity contribution in [2.24, 2.45) is 5.73 Å². The van der Waals surface area contributed by atoms with Gasteiger partial charge < -0.3 is 5.73 Å². The van der Waals surface area contributed by atoms with Crippen LogP contribution in [-0.4, -0.2) is 17.9 Å². The van der Waals surface area contributed by atoms with E-state index in [0.717, 1.165) is 23.0 Å². The summed E-state index contributed by atoms with van der Waals surface area (Å²) in [4.78, 5) is 12.7. The first kappa shape index (κ1) is 11.4. The Kier molecular flexibility index (Phi) is 3.14. The van der Waals surface area contributed by atoms with Crippen molar-refractivity contribution in [3.63, 3.8) is 0 Å². The lowest BCUT2D eigenvalue weighted by Gasteiger charge is -2.14. The van der Waals surface area contributed by atoms with Crippen molar-refractivity contribution in [3.05, 3.63) is 29.6 Å². The van der Waals surface area contributed by atoms with Gasteiger partial charge in [-0.3, -0.25) is 4.90 Å². The van der Waals surface area contributed by atoms with Crippen LogP contribution in [0.5, 0.6) is 0 Å². The van der Waals surface area contributed by atoms with Gasteiger partial charge in [0.2, 0.25) is 0 Å². The molecule has 1 heterocycles. The third-order valence-electron chi connectivity index (χ3n) is 2.85. The van der Waals surface area contributed by atoms with Crippen molar-refractivity contribution < 1.29 is 9.18 Å². The number of hydrogen-bond acceptors (Lipinski definition) is 1. The number of benzene rings is 1. The average molecular weight is 287 g/mol. The van der Waals surface area contributed by atoms with Crippen LogP contribution in [0.2, 0.25) is 0 Å². The highest BCUT2D eigenvalue weighted by Gasteiger charge is 2.31. The number of primary amides is 1. The third-order valence-corrected chi connectivity index (χ3v) is 3.30. The van der Waals surface area contributed by atoms with E-state index in [1.807, 2.05) is 0 Å². The second-order valence-electron chi connectivity index (χ2n) is 3.83. The fraction of sp³-hybridized carbons (Fsp3) is 0.364. The van der Waals surface area contributed by atoms with E-state index in [-0.39, 0.29) is 11.7 Å². The van der Waals surface area contributed by atoms with E-state index in [2.05, 4.69) is 15.9 Å². The van der Waals surface area contributed by atoms with Crippen LogP contribution in [0.15, 0.2) is 18.2 Å². The van der Waals surface area contributed by atoms with Crippen LogP contribution in [0.3, 0.4) is 0 Å². The van der Waals surface area contributed by atoms with E-state index < -0.39 is 6.03 Å². The molecule has 1 aliphatic rings. The Bertz CT molecular complexity index is 424. The summed E-state index contributed by atoms with van der Waals surface area (Å²) in [5, 5.41) is 0.820. The highest BCUT2D eigenvalue weighted by atomic mass is 79.9. The Balaban J connectivity index is 2.40. The zero-order valence-corrected chi connectivity index (χ0v) is 10.2. The molecule has 16 heavy (non-hydrogen) atoms. The highest BCUT2D eigenvalue weighted by molar-refractivity contribution is 9.09. The quantitative estimate of drug-likeness (QED) is 0.835. The number of nitrogens with zero attached hydrogens (tertiary/aromatic N) is 1. The van der Waals surface area contributed by atoms with Crippen LogP contribution < -0.4 is 10.6 Å². The molecule has 0 aromatic heterocycles. The molecule has 1 unspecified atom stereocenters. The van der Waals surface area contributed by atoms with Gasteiger partial charge >= 0.3 is 6.03 Å². The molecule has 2 amide bonds. The molecule has 86 valence electrons. The molecule has 0 fully saturated rings. The molecule has 5 heteroatoms. The number of rotatable bonds is 2. The summed E-state index contributed by atoms with van der Waals surface area (Å²) in [6.07, 6.45) is 0.861. The summed E-state index contributed by atoms with van der Waals surface area (Å²) >= 11 is 3.36. The number of carbonyl (C=O) groups is 1. The zero-order valence-electron chi connectivity index (χ0n) is 8.62. The number of anilines is 1. The number of carbonyl (C=O) groups excluding carboxylic acids is 1. The second-order valence-corrected chi connectivity index (χ2v) is 4.62. The number of urea groups is 1. The molecule has 1 aromatic carbocycles. The Labute approximate surface area is 102 Å². The van der Waals surface area contributed by atoms with Crippen molar-refractivity contribution in [1.29, 1.82) is 0 Å². The van der Waals surface area contributed by atoms with Crippen LogP contribution in [-0.2, 0) is 0 Å². The Morgan fingerprint density at radius 2 is 2.38 bits per heavy atom. The van der Waals surface area contributed by atoms with Crippen LogP contribution in [0.4, 0.5) is 14.9 Å². The molecule has 1 atom stereocenters. The lowest BCUT2D eigenvalue weighted by Crippen LogP contribution is -2.34. The topological polar surface area (TPSA) is 46.3 Å². The van der Waals surface area contributed by atoms with Gasteiger partial charge in [0.15, 0.2) is 0 Å². The first-order valence-corrected chi connectivity index (χ1v) is 6.18. The van der Waals surface area contributed by atoms with E-state index in [9.17, 15) is 9.18 Å². The summed E-state index contributed by atoms with van der Waals surface area (Å²) in [5.74, 6) is -0.109. The Morgan fingerprint density at radius 1 is 1.62 bits per heavy atom. The molecule has 1 aliphatic heterocycles. The summed E-state index contributed by atoms with van der Waals surface area (Å²) < 4.78 is 13.2. The van der Waals surface area contributed by atoms with Crippen molar-refractivity contribution in [2.45, 2.75) is 12.3 Å². The third kappa shape index (κ3) is 1.91. The summed E-state index contributed by atoms with van der Waals surface area (Å²) in [7, 11) is 0. The lowest BCUT2D eigenvalue weighted by molar-refractivity contribution is 0.254. The minimum absolute atomic E-state index is 0.164. The van der Waals surface area contributed by atoms with Gasteiger partial charge in [0.05, 0.1) is 0 Å². The molecule has 0 spiro atoms. The van der Waals surface area contributed by atoms with Gasteiger partial charge in [-0.2, -0.15) is 0 Å². The summed E-state index contributed by atoms with van der Waals surface area (Å²) in [6.45, 7) is 0.541. The molecule has 0 bridgehead atoms. The van der Waals surface area contributed by atoms with Crippen LogP contribution >= 0.6 is 15.9 Å². The molecular weight excluding hydrogens is 275 g/mol. The smallest absolute Gasteiger partial charge is 0.319 e. The molecule has 2 rings (SSSR count). The number of amides is 2. The molecule has 3 nitrogen and oxygen atoms in total. The van der Waals surface area contributed by atoms with Crippen LogP contribution in [0.25, 0.3) is 0 Å². The van der Waals surface area contributed by atoms with Gasteiger partial charge in [-0.05, 0) is 30.2 Å².